The average molecular weight is 315 g/mol. The standard InChI is InChI=1S/C17H21N3O3/c21-15(13-23-16-4-2-1-3-5-16)12-19-10-11-20-17(22)14-6-8-18-9-7-14/h1-9,15,19,21H,10-13H2,(H,20,22). The Hall–Kier alpha value is -2.44. The van der Waals surface area contributed by atoms with Crippen molar-refractivity contribution in [1.82, 2.24) is 15.6 Å². The molecular weight excluding hydrogens is 294 g/mol. The van der Waals surface area contributed by atoms with Gasteiger partial charge in [-0.15, -0.1) is 0 Å². The molecule has 2 aromatic rings. The van der Waals surface area contributed by atoms with Crippen LogP contribution in [-0.4, -0.2) is 48.3 Å². The third-order valence-corrected chi connectivity index (χ3v) is 3.10. The zero-order valence-electron chi connectivity index (χ0n) is 12.8. The van der Waals surface area contributed by atoms with Crippen molar-refractivity contribution in [3.63, 3.8) is 0 Å². The number of para-hydroxylation sites is 1. The van der Waals surface area contributed by atoms with Crippen molar-refractivity contribution in [3.05, 3.63) is 60.4 Å². The number of pyridine rings is 1. The average Bonchev–Trinajstić information content (AvgIpc) is 2.61. The summed E-state index contributed by atoms with van der Waals surface area (Å²) in [5.41, 5.74) is 0.580. The van der Waals surface area contributed by atoms with Crippen molar-refractivity contribution < 1.29 is 14.6 Å². The first-order chi connectivity index (χ1) is 11.3. The van der Waals surface area contributed by atoms with Gasteiger partial charge in [-0.25, -0.2) is 0 Å². The van der Waals surface area contributed by atoms with E-state index in [1.165, 1.54) is 0 Å². The summed E-state index contributed by atoms with van der Waals surface area (Å²) in [5, 5.41) is 15.7. The van der Waals surface area contributed by atoms with Gasteiger partial charge in [-0.1, -0.05) is 18.2 Å². The van der Waals surface area contributed by atoms with Crippen LogP contribution in [0.25, 0.3) is 0 Å². The number of hydrogen-bond donors (Lipinski definition) is 3. The number of nitrogens with one attached hydrogen (secondary N) is 2. The van der Waals surface area contributed by atoms with Gasteiger partial charge in [-0.05, 0) is 24.3 Å². The molecule has 0 fully saturated rings. The molecule has 0 bridgehead atoms. The quantitative estimate of drug-likeness (QED) is 0.597. The second-order valence-corrected chi connectivity index (χ2v) is 4.97. The maximum Gasteiger partial charge on any atom is 0.251 e. The van der Waals surface area contributed by atoms with Crippen LogP contribution in [0.5, 0.6) is 5.75 Å². The van der Waals surface area contributed by atoms with E-state index in [0.717, 1.165) is 5.75 Å². The summed E-state index contributed by atoms with van der Waals surface area (Å²) in [5.74, 6) is 0.596. The molecule has 0 saturated carbocycles. The normalized spacial score (nSPS) is 11.7. The van der Waals surface area contributed by atoms with Gasteiger partial charge in [0.2, 0.25) is 0 Å². The van der Waals surface area contributed by atoms with Crippen LogP contribution in [0, 0.1) is 0 Å². The summed E-state index contributed by atoms with van der Waals surface area (Å²) >= 11 is 0. The highest BCUT2D eigenvalue weighted by atomic mass is 16.5. The van der Waals surface area contributed by atoms with Crippen molar-refractivity contribution in [2.75, 3.05) is 26.2 Å². The van der Waals surface area contributed by atoms with Crippen molar-refractivity contribution in [2.24, 2.45) is 0 Å². The van der Waals surface area contributed by atoms with Crippen LogP contribution in [0.4, 0.5) is 0 Å². The largest absolute Gasteiger partial charge is 0.491 e. The lowest BCUT2D eigenvalue weighted by molar-refractivity contribution is 0.0950. The topological polar surface area (TPSA) is 83.5 Å². The molecule has 3 N–H and O–H groups in total. The third-order valence-electron chi connectivity index (χ3n) is 3.10. The van der Waals surface area contributed by atoms with E-state index in [2.05, 4.69) is 15.6 Å². The Labute approximate surface area is 135 Å². The summed E-state index contributed by atoms with van der Waals surface area (Å²) < 4.78 is 5.46. The number of aromatic nitrogens is 1. The van der Waals surface area contributed by atoms with Crippen LogP contribution in [0.1, 0.15) is 10.4 Å². The number of rotatable bonds is 9. The predicted octanol–water partition coefficient (Wildman–Crippen LogP) is 0.841. The van der Waals surface area contributed by atoms with Gasteiger partial charge in [0.15, 0.2) is 0 Å². The van der Waals surface area contributed by atoms with E-state index >= 15 is 0 Å². The van der Waals surface area contributed by atoms with Crippen molar-refractivity contribution >= 4 is 5.91 Å². The van der Waals surface area contributed by atoms with Gasteiger partial charge in [0, 0.05) is 37.6 Å². The highest BCUT2D eigenvalue weighted by Crippen LogP contribution is 2.08. The van der Waals surface area contributed by atoms with E-state index in [9.17, 15) is 9.90 Å². The third kappa shape index (κ3) is 6.46. The highest BCUT2D eigenvalue weighted by molar-refractivity contribution is 5.93. The SMILES string of the molecule is O=C(NCCNCC(O)COc1ccccc1)c1ccncc1. The summed E-state index contributed by atoms with van der Waals surface area (Å²) in [4.78, 5) is 15.6. The zero-order chi connectivity index (χ0) is 16.3. The molecule has 1 atom stereocenters. The number of nitrogens with zero attached hydrogens (tertiary/aromatic N) is 1. The van der Waals surface area contributed by atoms with Crippen molar-refractivity contribution in [3.8, 4) is 5.75 Å². The lowest BCUT2D eigenvalue weighted by atomic mass is 10.2. The van der Waals surface area contributed by atoms with Crippen LogP contribution >= 0.6 is 0 Å². The zero-order valence-corrected chi connectivity index (χ0v) is 12.8. The fourth-order valence-electron chi connectivity index (χ4n) is 1.91. The van der Waals surface area contributed by atoms with Crippen LogP contribution in [0.2, 0.25) is 0 Å². The molecule has 6 heteroatoms. The Morgan fingerprint density at radius 3 is 2.61 bits per heavy atom. The summed E-state index contributed by atoms with van der Waals surface area (Å²) in [7, 11) is 0. The van der Waals surface area contributed by atoms with E-state index in [1.54, 1.807) is 24.5 Å². The molecule has 6 nitrogen and oxygen atoms in total. The molecule has 23 heavy (non-hydrogen) atoms. The second-order valence-electron chi connectivity index (χ2n) is 4.97. The lowest BCUT2D eigenvalue weighted by Crippen LogP contribution is -2.37. The summed E-state index contributed by atoms with van der Waals surface area (Å²) in [6.45, 7) is 1.67. The minimum absolute atomic E-state index is 0.137. The molecule has 0 saturated heterocycles. The van der Waals surface area contributed by atoms with Gasteiger partial charge in [0.1, 0.15) is 18.5 Å². The number of hydrogen-bond acceptors (Lipinski definition) is 5. The van der Waals surface area contributed by atoms with Gasteiger partial charge in [0.25, 0.3) is 5.91 Å². The van der Waals surface area contributed by atoms with Gasteiger partial charge in [-0.3, -0.25) is 9.78 Å². The molecule has 0 radical (unpaired) electrons. The van der Waals surface area contributed by atoms with Crippen LogP contribution in [0.15, 0.2) is 54.9 Å². The van der Waals surface area contributed by atoms with Crippen LogP contribution in [-0.2, 0) is 0 Å². The Bertz CT molecular complexity index is 578. The predicted molar refractivity (Wildman–Crippen MR) is 87.4 cm³/mol. The molecule has 1 heterocycles. The number of carbonyl (C=O) groups is 1. The number of benzene rings is 1. The number of aliphatic hydroxyl groups excluding tert-OH is 1. The van der Waals surface area contributed by atoms with Crippen molar-refractivity contribution in [1.29, 1.82) is 0 Å². The van der Waals surface area contributed by atoms with Crippen molar-refractivity contribution in [2.45, 2.75) is 6.10 Å². The Morgan fingerprint density at radius 2 is 1.87 bits per heavy atom. The monoisotopic (exact) mass is 315 g/mol. The molecule has 0 spiro atoms. The number of amides is 1. The fraction of sp³-hybridized carbons (Fsp3) is 0.294. The molecule has 2 rings (SSSR count). The van der Waals surface area contributed by atoms with Gasteiger partial charge in [0.05, 0.1) is 0 Å². The molecule has 1 aromatic carbocycles. The number of aliphatic hydroxyl groups is 1. The maximum absolute atomic E-state index is 11.8. The lowest BCUT2D eigenvalue weighted by Gasteiger charge is -2.13. The maximum atomic E-state index is 11.8. The van der Waals surface area contributed by atoms with E-state index in [4.69, 9.17) is 4.74 Å². The molecule has 1 unspecified atom stereocenters. The molecule has 0 aliphatic rings. The first-order valence-corrected chi connectivity index (χ1v) is 7.50. The Morgan fingerprint density at radius 1 is 1.13 bits per heavy atom. The fourth-order valence-corrected chi connectivity index (χ4v) is 1.91. The molecule has 1 aromatic heterocycles. The number of ether oxygens (including phenoxy) is 1. The van der Waals surface area contributed by atoms with E-state index in [-0.39, 0.29) is 12.5 Å². The Kier molecular flexibility index (Phi) is 7.03. The van der Waals surface area contributed by atoms with Crippen LogP contribution in [0.3, 0.4) is 0 Å². The van der Waals surface area contributed by atoms with Crippen LogP contribution < -0.4 is 15.4 Å². The van der Waals surface area contributed by atoms with E-state index in [1.807, 2.05) is 30.3 Å². The van der Waals surface area contributed by atoms with Gasteiger partial charge >= 0.3 is 0 Å². The first kappa shape index (κ1) is 16.9. The first-order valence-electron chi connectivity index (χ1n) is 7.50. The molecular formula is C17H21N3O3. The minimum atomic E-state index is -0.605. The highest BCUT2D eigenvalue weighted by Gasteiger charge is 2.06. The molecule has 122 valence electrons. The minimum Gasteiger partial charge on any atom is -0.491 e. The van der Waals surface area contributed by atoms with E-state index < -0.39 is 6.10 Å². The van der Waals surface area contributed by atoms with E-state index in [0.29, 0.717) is 25.2 Å². The number of carbonyl (C=O) groups excluding carboxylic acids is 1. The van der Waals surface area contributed by atoms with Gasteiger partial charge in [-0.2, -0.15) is 0 Å². The molecule has 0 aliphatic carbocycles. The van der Waals surface area contributed by atoms with Gasteiger partial charge < -0.3 is 20.5 Å². The summed E-state index contributed by atoms with van der Waals surface area (Å²) in [6.07, 6.45) is 2.55. The second kappa shape index (κ2) is 9.55. The summed E-state index contributed by atoms with van der Waals surface area (Å²) in [6, 6.07) is 12.7. The molecule has 0 aliphatic heterocycles. The Balaban J connectivity index is 1.54. The molecule has 1 amide bonds. The smallest absolute Gasteiger partial charge is 0.251 e.